The molecule has 0 saturated carbocycles. The van der Waals surface area contributed by atoms with E-state index in [0.717, 1.165) is 5.82 Å². The van der Waals surface area contributed by atoms with Crippen LogP contribution in [0.2, 0.25) is 0 Å². The van der Waals surface area contributed by atoms with Crippen molar-refractivity contribution in [3.63, 3.8) is 0 Å². The van der Waals surface area contributed by atoms with Crippen LogP contribution in [0.15, 0.2) is 6.07 Å². The van der Waals surface area contributed by atoms with Crippen LogP contribution in [-0.2, 0) is 0 Å². The van der Waals surface area contributed by atoms with Gasteiger partial charge in [0.2, 0.25) is 4.77 Å². The number of nitrogen functional groups attached to an aromatic ring is 1. The average Bonchev–Trinajstić information content (AvgIpc) is 2.34. The molecule has 1 aliphatic rings. The predicted molar refractivity (Wildman–Crippen MR) is 45.3 cm³/mol. The van der Waals surface area contributed by atoms with E-state index in [0.29, 0.717) is 17.3 Å². The first-order chi connectivity index (χ1) is 5.27. The fraction of sp³-hybridized carbons (Fsp3) is 0.200. The van der Waals surface area contributed by atoms with Crippen molar-refractivity contribution >= 4 is 23.9 Å². The normalized spacial score (nSPS) is 13.5. The van der Waals surface area contributed by atoms with Gasteiger partial charge in [-0.2, -0.15) is 0 Å². The second-order valence-electron chi connectivity index (χ2n) is 2.20. The Balaban J connectivity index is 2.70. The van der Waals surface area contributed by atoms with Crippen molar-refractivity contribution < 1.29 is 0 Å². The molecule has 1 aromatic heterocycles. The lowest BCUT2D eigenvalue weighted by Crippen LogP contribution is -2.10. The van der Waals surface area contributed by atoms with Crippen LogP contribution < -0.4 is 16.5 Å². The fourth-order valence-corrected chi connectivity index (χ4v) is 1.26. The molecule has 0 bridgehead atoms. The molecule has 6 heteroatoms. The molecule has 0 aromatic carbocycles. The van der Waals surface area contributed by atoms with Gasteiger partial charge in [-0.15, -0.1) is 0 Å². The van der Waals surface area contributed by atoms with E-state index in [2.05, 4.69) is 15.7 Å². The minimum Gasteiger partial charge on any atom is -0.383 e. The first-order valence-corrected chi connectivity index (χ1v) is 3.55. The van der Waals surface area contributed by atoms with E-state index < -0.39 is 0 Å². The van der Waals surface area contributed by atoms with Crippen LogP contribution in [0, 0.1) is 4.77 Å². The lowest BCUT2D eigenvalue weighted by Gasteiger charge is -2.01. The van der Waals surface area contributed by atoms with Crippen LogP contribution in [0.1, 0.15) is 0 Å². The Kier molecular flexibility index (Phi) is 1.22. The molecule has 0 fully saturated rings. The van der Waals surface area contributed by atoms with Gasteiger partial charge in [-0.25, -0.2) is 9.66 Å². The predicted octanol–water partition coefficient (Wildman–Crippen LogP) is 0.121. The van der Waals surface area contributed by atoms with E-state index in [9.17, 15) is 0 Å². The molecule has 11 heavy (non-hydrogen) atoms. The molecule has 1 aromatic rings. The lowest BCUT2D eigenvalue weighted by molar-refractivity contribution is 0.897. The second kappa shape index (κ2) is 2.09. The summed E-state index contributed by atoms with van der Waals surface area (Å²) in [5.41, 5.74) is 8.45. The molecule has 0 amide bonds. The number of hydrogen-bond acceptors (Lipinski definition) is 5. The van der Waals surface area contributed by atoms with Gasteiger partial charge < -0.3 is 16.5 Å². The Morgan fingerprint density at radius 1 is 1.73 bits per heavy atom. The molecule has 5 nitrogen and oxygen atoms in total. The standard InChI is InChI=1S/C5H7N5S/c6-3-1-4-7-2-8-10(4)5(11)9-3/h1,7-8H,2H2,(H2,6,9,11). The maximum Gasteiger partial charge on any atom is 0.222 e. The third kappa shape index (κ3) is 0.911. The topological polar surface area (TPSA) is 67.9 Å². The fourth-order valence-electron chi connectivity index (χ4n) is 0.992. The summed E-state index contributed by atoms with van der Waals surface area (Å²) in [7, 11) is 0. The van der Waals surface area contributed by atoms with Gasteiger partial charge in [0.25, 0.3) is 0 Å². The summed E-state index contributed by atoms with van der Waals surface area (Å²) in [5.74, 6) is 1.31. The molecule has 0 spiro atoms. The summed E-state index contributed by atoms with van der Waals surface area (Å²) in [6, 6.07) is 1.73. The van der Waals surface area contributed by atoms with Crippen molar-refractivity contribution in [2.75, 3.05) is 23.1 Å². The van der Waals surface area contributed by atoms with E-state index >= 15 is 0 Å². The summed E-state index contributed by atoms with van der Waals surface area (Å²) in [6.45, 7) is 0.661. The highest BCUT2D eigenvalue weighted by Gasteiger charge is 2.08. The highest BCUT2D eigenvalue weighted by molar-refractivity contribution is 7.71. The van der Waals surface area contributed by atoms with Gasteiger partial charge in [-0.05, 0) is 12.2 Å². The zero-order valence-electron chi connectivity index (χ0n) is 5.66. The smallest absolute Gasteiger partial charge is 0.222 e. The molecule has 0 aliphatic carbocycles. The van der Waals surface area contributed by atoms with E-state index in [1.165, 1.54) is 0 Å². The van der Waals surface area contributed by atoms with Crippen molar-refractivity contribution in [1.29, 1.82) is 0 Å². The highest BCUT2D eigenvalue weighted by atomic mass is 32.1. The Hall–Kier alpha value is -1.30. The van der Waals surface area contributed by atoms with Crippen LogP contribution in [0.25, 0.3) is 0 Å². The average molecular weight is 169 g/mol. The number of hydrogen-bond donors (Lipinski definition) is 3. The quantitative estimate of drug-likeness (QED) is 0.481. The number of nitrogens with zero attached hydrogens (tertiary/aromatic N) is 2. The van der Waals surface area contributed by atoms with E-state index in [-0.39, 0.29) is 0 Å². The number of fused-ring (bicyclic) bond motifs is 1. The van der Waals surface area contributed by atoms with Crippen molar-refractivity contribution in [3.05, 3.63) is 10.8 Å². The van der Waals surface area contributed by atoms with Gasteiger partial charge in [-0.1, -0.05) is 0 Å². The summed E-state index contributed by atoms with van der Waals surface area (Å²) in [4.78, 5) is 3.90. The van der Waals surface area contributed by atoms with E-state index in [1.807, 2.05) is 0 Å². The summed E-state index contributed by atoms with van der Waals surface area (Å²) in [5, 5.41) is 3.05. The van der Waals surface area contributed by atoms with Crippen molar-refractivity contribution in [2.24, 2.45) is 0 Å². The maximum atomic E-state index is 5.47. The number of nitrogens with one attached hydrogen (secondary N) is 2. The molecule has 0 atom stereocenters. The largest absolute Gasteiger partial charge is 0.383 e. The Morgan fingerprint density at radius 3 is 3.36 bits per heavy atom. The summed E-state index contributed by atoms with van der Waals surface area (Å²) in [6.07, 6.45) is 0. The Morgan fingerprint density at radius 2 is 2.55 bits per heavy atom. The van der Waals surface area contributed by atoms with Gasteiger partial charge in [0.1, 0.15) is 18.3 Å². The molecule has 0 radical (unpaired) electrons. The Bertz CT molecular complexity index is 343. The first-order valence-electron chi connectivity index (χ1n) is 3.15. The van der Waals surface area contributed by atoms with Gasteiger partial charge >= 0.3 is 0 Å². The minimum absolute atomic E-state index is 0.442. The molecule has 0 saturated heterocycles. The number of aromatic nitrogens is 2. The van der Waals surface area contributed by atoms with Gasteiger partial charge in [-0.3, -0.25) is 0 Å². The molecular formula is C5H7N5S. The van der Waals surface area contributed by atoms with Crippen molar-refractivity contribution in [3.8, 4) is 0 Å². The van der Waals surface area contributed by atoms with Crippen molar-refractivity contribution in [2.45, 2.75) is 0 Å². The molecular weight excluding hydrogens is 162 g/mol. The number of anilines is 2. The monoisotopic (exact) mass is 169 g/mol. The first kappa shape index (κ1) is 6.41. The summed E-state index contributed by atoms with van der Waals surface area (Å²) >= 11 is 4.94. The zero-order chi connectivity index (χ0) is 7.84. The van der Waals surface area contributed by atoms with Gasteiger partial charge in [0, 0.05) is 6.07 Å². The van der Waals surface area contributed by atoms with Crippen LogP contribution >= 0.6 is 12.2 Å². The molecule has 4 N–H and O–H groups in total. The zero-order valence-corrected chi connectivity index (χ0v) is 6.48. The van der Waals surface area contributed by atoms with Crippen LogP contribution in [0.5, 0.6) is 0 Å². The molecule has 2 heterocycles. The Labute approximate surface area is 68.2 Å². The lowest BCUT2D eigenvalue weighted by atomic mass is 10.5. The minimum atomic E-state index is 0.442. The van der Waals surface area contributed by atoms with Crippen molar-refractivity contribution in [1.82, 2.24) is 9.66 Å². The van der Waals surface area contributed by atoms with Crippen LogP contribution in [-0.4, -0.2) is 16.3 Å². The van der Waals surface area contributed by atoms with Gasteiger partial charge in [0.05, 0.1) is 0 Å². The van der Waals surface area contributed by atoms with E-state index in [1.54, 1.807) is 10.7 Å². The molecule has 2 rings (SSSR count). The van der Waals surface area contributed by atoms with Crippen LogP contribution in [0.4, 0.5) is 11.6 Å². The third-order valence-corrected chi connectivity index (χ3v) is 1.72. The third-order valence-electron chi connectivity index (χ3n) is 1.45. The maximum absolute atomic E-state index is 5.47. The molecule has 0 unspecified atom stereocenters. The highest BCUT2D eigenvalue weighted by Crippen LogP contribution is 2.12. The second-order valence-corrected chi connectivity index (χ2v) is 2.56. The number of rotatable bonds is 0. The number of nitrogens with two attached hydrogens (primary N) is 1. The van der Waals surface area contributed by atoms with Crippen LogP contribution in [0.3, 0.4) is 0 Å². The SMILES string of the molecule is Nc1cc2n(c(=S)n1)NCN2. The van der Waals surface area contributed by atoms with Gasteiger partial charge in [0.15, 0.2) is 0 Å². The molecule has 1 aliphatic heterocycles. The molecule has 58 valence electrons. The van der Waals surface area contributed by atoms with E-state index in [4.69, 9.17) is 18.0 Å². The summed E-state index contributed by atoms with van der Waals surface area (Å²) < 4.78 is 2.14.